The van der Waals surface area contributed by atoms with E-state index in [0.29, 0.717) is 5.69 Å². The minimum Gasteiger partial charge on any atom is -0.339 e. The first-order valence-corrected chi connectivity index (χ1v) is 8.59. The second-order valence-electron chi connectivity index (χ2n) is 6.68. The first kappa shape index (κ1) is 18.5. The van der Waals surface area contributed by atoms with E-state index in [1.165, 1.54) is 10.7 Å². The van der Waals surface area contributed by atoms with Gasteiger partial charge in [0.2, 0.25) is 17.2 Å². The highest BCUT2D eigenvalue weighted by atomic mass is 16.2. The van der Waals surface area contributed by atoms with Crippen LogP contribution in [0.25, 0.3) is 5.69 Å². The minimum atomic E-state index is -0.868. The average Bonchev–Trinajstić information content (AvgIpc) is 2.58. The van der Waals surface area contributed by atoms with Crippen molar-refractivity contribution in [1.82, 2.24) is 20.4 Å². The molecule has 1 atom stereocenters. The van der Waals surface area contributed by atoms with E-state index in [9.17, 15) is 19.2 Å². The van der Waals surface area contributed by atoms with Crippen LogP contribution < -0.4 is 16.1 Å². The summed E-state index contributed by atoms with van der Waals surface area (Å²) in [4.78, 5) is 47.9. The Morgan fingerprint density at radius 2 is 1.93 bits per heavy atom. The van der Waals surface area contributed by atoms with Gasteiger partial charge in [0.1, 0.15) is 6.04 Å². The fourth-order valence-electron chi connectivity index (χ4n) is 3.05. The summed E-state index contributed by atoms with van der Waals surface area (Å²) in [5, 5.41) is 8.88. The lowest BCUT2D eigenvalue weighted by molar-refractivity contribution is -0.134. The SMILES string of the molecule is Cc1ccc(-n2nc(C(=O)NC3CCC(=O)NC3=O)c(=O)cc2C)c(C)c1. The quantitative estimate of drug-likeness (QED) is 0.775. The molecule has 1 aromatic heterocycles. The van der Waals surface area contributed by atoms with Crippen LogP contribution in [0.5, 0.6) is 0 Å². The van der Waals surface area contributed by atoms with Gasteiger partial charge >= 0.3 is 0 Å². The first-order chi connectivity index (χ1) is 12.8. The standard InChI is InChI=1S/C19H20N4O4/c1-10-4-6-14(11(2)8-10)23-12(3)9-15(24)17(22-23)19(27)20-13-5-7-16(25)21-18(13)26/h4,6,8-9,13H,5,7H2,1-3H3,(H,20,27)(H,21,25,26). The molecule has 0 radical (unpaired) electrons. The fraction of sp³-hybridized carbons (Fsp3) is 0.316. The van der Waals surface area contributed by atoms with Gasteiger partial charge in [-0.15, -0.1) is 0 Å². The van der Waals surface area contributed by atoms with E-state index in [1.807, 2.05) is 32.0 Å². The lowest BCUT2D eigenvalue weighted by atomic mass is 10.1. The Balaban J connectivity index is 1.94. The van der Waals surface area contributed by atoms with Crippen LogP contribution in [0.3, 0.4) is 0 Å². The van der Waals surface area contributed by atoms with Crippen molar-refractivity contribution in [3.63, 3.8) is 0 Å². The number of benzene rings is 1. The lowest BCUT2D eigenvalue weighted by Gasteiger charge is -2.21. The van der Waals surface area contributed by atoms with Gasteiger partial charge in [0, 0.05) is 18.2 Å². The Morgan fingerprint density at radius 1 is 1.19 bits per heavy atom. The predicted molar refractivity (Wildman–Crippen MR) is 97.7 cm³/mol. The highest BCUT2D eigenvalue weighted by Crippen LogP contribution is 2.16. The Bertz CT molecular complexity index is 1010. The van der Waals surface area contributed by atoms with Crippen LogP contribution in [0.2, 0.25) is 0 Å². The summed E-state index contributed by atoms with van der Waals surface area (Å²) in [7, 11) is 0. The molecular weight excluding hydrogens is 348 g/mol. The molecule has 0 bridgehead atoms. The van der Waals surface area contributed by atoms with Crippen molar-refractivity contribution in [1.29, 1.82) is 0 Å². The van der Waals surface area contributed by atoms with Gasteiger partial charge in [-0.05, 0) is 38.8 Å². The maximum absolute atomic E-state index is 12.5. The molecule has 1 saturated heterocycles. The molecule has 8 heteroatoms. The smallest absolute Gasteiger partial charge is 0.276 e. The number of carbonyl (C=O) groups is 3. The fourth-order valence-corrected chi connectivity index (χ4v) is 3.05. The Kier molecular flexibility index (Phi) is 4.89. The average molecular weight is 368 g/mol. The third-order valence-corrected chi connectivity index (χ3v) is 4.45. The number of nitrogens with one attached hydrogen (secondary N) is 2. The third-order valence-electron chi connectivity index (χ3n) is 4.45. The van der Waals surface area contributed by atoms with E-state index in [2.05, 4.69) is 15.7 Å². The number of piperidine rings is 1. The van der Waals surface area contributed by atoms with E-state index < -0.39 is 23.3 Å². The van der Waals surface area contributed by atoms with Gasteiger partial charge in [-0.3, -0.25) is 24.5 Å². The highest BCUT2D eigenvalue weighted by molar-refractivity contribution is 6.03. The molecule has 8 nitrogen and oxygen atoms in total. The predicted octanol–water partition coefficient (Wildman–Crippen LogP) is 0.693. The Labute approximate surface area is 155 Å². The zero-order valence-electron chi connectivity index (χ0n) is 15.3. The molecule has 2 aromatic rings. The van der Waals surface area contributed by atoms with Crippen molar-refractivity contribution in [3.8, 4) is 5.69 Å². The molecule has 140 valence electrons. The van der Waals surface area contributed by atoms with E-state index in [1.54, 1.807) is 6.92 Å². The Hall–Kier alpha value is -3.29. The number of aryl methyl sites for hydroxylation is 3. The van der Waals surface area contributed by atoms with Gasteiger partial charge in [-0.1, -0.05) is 17.7 Å². The second-order valence-corrected chi connectivity index (χ2v) is 6.68. The molecule has 3 rings (SSSR count). The van der Waals surface area contributed by atoms with Crippen molar-refractivity contribution in [3.05, 3.63) is 57.0 Å². The molecule has 0 saturated carbocycles. The minimum absolute atomic E-state index is 0.130. The third kappa shape index (κ3) is 3.79. The van der Waals surface area contributed by atoms with Crippen LogP contribution >= 0.6 is 0 Å². The summed E-state index contributed by atoms with van der Waals surface area (Å²) in [6, 6.07) is 6.25. The molecule has 0 spiro atoms. The van der Waals surface area contributed by atoms with Crippen molar-refractivity contribution in [2.45, 2.75) is 39.7 Å². The van der Waals surface area contributed by atoms with Crippen molar-refractivity contribution < 1.29 is 14.4 Å². The molecule has 1 aliphatic heterocycles. The Morgan fingerprint density at radius 3 is 2.59 bits per heavy atom. The van der Waals surface area contributed by atoms with Gasteiger partial charge in [-0.2, -0.15) is 5.10 Å². The number of amides is 3. The van der Waals surface area contributed by atoms with E-state index in [4.69, 9.17) is 0 Å². The van der Waals surface area contributed by atoms with Crippen LogP contribution in [0.15, 0.2) is 29.1 Å². The van der Waals surface area contributed by atoms with Gasteiger partial charge < -0.3 is 5.32 Å². The molecule has 27 heavy (non-hydrogen) atoms. The van der Waals surface area contributed by atoms with Gasteiger partial charge in [0.05, 0.1) is 5.69 Å². The number of aromatic nitrogens is 2. The molecule has 0 aliphatic carbocycles. The largest absolute Gasteiger partial charge is 0.339 e. The number of carbonyl (C=O) groups excluding carboxylic acids is 3. The molecule has 1 aliphatic rings. The number of nitrogens with zero attached hydrogens (tertiary/aromatic N) is 2. The van der Waals surface area contributed by atoms with Crippen molar-refractivity contribution in [2.24, 2.45) is 0 Å². The highest BCUT2D eigenvalue weighted by Gasteiger charge is 2.29. The molecule has 2 heterocycles. The van der Waals surface area contributed by atoms with Gasteiger partial charge in [-0.25, -0.2) is 4.68 Å². The van der Waals surface area contributed by atoms with Crippen LogP contribution in [-0.4, -0.2) is 33.5 Å². The summed E-state index contributed by atoms with van der Waals surface area (Å²) in [5.41, 5.74) is 2.55. The number of hydrogen-bond acceptors (Lipinski definition) is 5. The summed E-state index contributed by atoms with van der Waals surface area (Å²) in [6.07, 6.45) is 0.318. The topological polar surface area (TPSA) is 110 Å². The number of hydrogen-bond donors (Lipinski definition) is 2. The summed E-state index contributed by atoms with van der Waals surface area (Å²) in [6.45, 7) is 5.63. The molecule has 1 unspecified atom stereocenters. The summed E-state index contributed by atoms with van der Waals surface area (Å²) in [5.74, 6) is -1.70. The molecular formula is C19H20N4O4. The summed E-state index contributed by atoms with van der Waals surface area (Å²) >= 11 is 0. The number of rotatable bonds is 3. The van der Waals surface area contributed by atoms with Crippen LogP contribution in [0.1, 0.15) is 40.2 Å². The van der Waals surface area contributed by atoms with Crippen molar-refractivity contribution in [2.75, 3.05) is 0 Å². The molecule has 1 fully saturated rings. The zero-order valence-corrected chi connectivity index (χ0v) is 15.3. The monoisotopic (exact) mass is 368 g/mol. The molecule has 1 aromatic carbocycles. The molecule has 3 amide bonds. The van der Waals surface area contributed by atoms with E-state index in [-0.39, 0.29) is 24.4 Å². The van der Waals surface area contributed by atoms with Gasteiger partial charge in [0.25, 0.3) is 5.91 Å². The van der Waals surface area contributed by atoms with E-state index in [0.717, 1.165) is 16.8 Å². The van der Waals surface area contributed by atoms with E-state index >= 15 is 0 Å². The maximum Gasteiger partial charge on any atom is 0.276 e. The number of imide groups is 1. The summed E-state index contributed by atoms with van der Waals surface area (Å²) < 4.78 is 1.54. The second kappa shape index (κ2) is 7.14. The lowest BCUT2D eigenvalue weighted by Crippen LogP contribution is -2.53. The zero-order chi connectivity index (χ0) is 19.7. The first-order valence-electron chi connectivity index (χ1n) is 8.59. The van der Waals surface area contributed by atoms with Gasteiger partial charge in [0.15, 0.2) is 5.69 Å². The molecule has 2 N–H and O–H groups in total. The normalized spacial score (nSPS) is 16.8. The van der Waals surface area contributed by atoms with Crippen LogP contribution in [0.4, 0.5) is 0 Å². The van der Waals surface area contributed by atoms with Crippen molar-refractivity contribution >= 4 is 17.7 Å². The van der Waals surface area contributed by atoms with Crippen LogP contribution in [0, 0.1) is 20.8 Å². The van der Waals surface area contributed by atoms with Crippen LogP contribution in [-0.2, 0) is 9.59 Å². The maximum atomic E-state index is 12.5.